The van der Waals surface area contributed by atoms with Gasteiger partial charge in [0.25, 0.3) is 0 Å². The number of thiophene rings is 1. The smallest absolute Gasteiger partial charge is 0.160 e. The van der Waals surface area contributed by atoms with Crippen LogP contribution in [0.1, 0.15) is 0 Å². The van der Waals surface area contributed by atoms with Gasteiger partial charge in [0.05, 0.1) is 16.7 Å². The Labute approximate surface area is 249 Å². The average molecular weight is 564 g/mol. The maximum Gasteiger partial charge on any atom is 0.160 e. The first-order chi connectivity index (χ1) is 21.4. The average Bonchev–Trinajstić information content (AvgIpc) is 3.80. The van der Waals surface area contributed by atoms with Gasteiger partial charge in [-0.3, -0.25) is 0 Å². The fraction of sp³-hybridized carbons (Fsp3) is 0. The Morgan fingerprint density at radius 3 is 2.02 bits per heavy atom. The number of nitrogens with zero attached hydrogens (tertiary/aromatic N) is 1. The minimum atomic E-state index is 0.925. The Hall–Kier alpha value is -5.38. The zero-order valence-electron chi connectivity index (χ0n) is 22.9. The normalized spacial score (nSPS) is 12.7. The predicted octanol–water partition coefficient (Wildman–Crippen LogP) is 11.9. The number of furan rings is 1. The van der Waals surface area contributed by atoms with E-state index >= 15 is 0 Å². The van der Waals surface area contributed by atoms with Crippen LogP contribution in [0.4, 0.5) is 0 Å². The van der Waals surface area contributed by atoms with E-state index in [1.165, 1.54) is 85.9 Å². The maximum atomic E-state index is 6.89. The third-order valence-electron chi connectivity index (χ3n) is 9.52. The van der Waals surface area contributed by atoms with Crippen LogP contribution in [-0.2, 0) is 0 Å². The molecule has 198 valence electrons. The summed E-state index contributed by atoms with van der Waals surface area (Å²) in [4.78, 5) is 0. The molecular weight excluding hydrogens is 543 g/mol. The molecule has 0 atom stereocenters. The van der Waals surface area contributed by atoms with Gasteiger partial charge >= 0.3 is 0 Å². The summed E-state index contributed by atoms with van der Waals surface area (Å²) < 4.78 is 12.0. The van der Waals surface area contributed by atoms with Gasteiger partial charge in [-0.25, -0.2) is 0 Å². The largest absolute Gasteiger partial charge is 0.454 e. The lowest BCUT2D eigenvalue weighted by molar-refractivity contribution is 0.671. The molecule has 7 aromatic carbocycles. The van der Waals surface area contributed by atoms with E-state index in [2.05, 4.69) is 132 Å². The van der Waals surface area contributed by atoms with Crippen molar-refractivity contribution >= 4 is 86.0 Å². The molecule has 0 radical (unpaired) electrons. The molecule has 0 saturated heterocycles. The van der Waals surface area contributed by atoms with Gasteiger partial charge in [0.15, 0.2) is 5.58 Å². The first-order valence-electron chi connectivity index (χ1n) is 14.7. The minimum absolute atomic E-state index is 0.925. The Kier molecular flexibility index (Phi) is 3.99. The van der Waals surface area contributed by atoms with Crippen molar-refractivity contribution in [2.45, 2.75) is 0 Å². The van der Waals surface area contributed by atoms with Crippen LogP contribution < -0.4 is 0 Å². The summed E-state index contributed by atoms with van der Waals surface area (Å²) in [7, 11) is 0. The van der Waals surface area contributed by atoms with Crippen molar-refractivity contribution in [1.29, 1.82) is 0 Å². The molecule has 0 bridgehead atoms. The third-order valence-corrected chi connectivity index (χ3v) is 10.7. The second-order valence-electron chi connectivity index (χ2n) is 11.6. The summed E-state index contributed by atoms with van der Waals surface area (Å²) in [5.74, 6) is 0. The summed E-state index contributed by atoms with van der Waals surface area (Å²) in [6, 6.07) is 46.4. The first-order valence-corrected chi connectivity index (χ1v) is 15.5. The number of fused-ring (bicyclic) bond motifs is 15. The number of benzene rings is 7. The summed E-state index contributed by atoms with van der Waals surface area (Å²) in [6.07, 6.45) is 0. The molecule has 0 fully saturated rings. The van der Waals surface area contributed by atoms with Crippen LogP contribution in [0, 0.1) is 0 Å². The van der Waals surface area contributed by atoms with Crippen molar-refractivity contribution in [3.63, 3.8) is 0 Å². The summed E-state index contributed by atoms with van der Waals surface area (Å²) >= 11 is 1.90. The molecule has 1 aliphatic rings. The Bertz CT molecular complexity index is 2810. The van der Waals surface area contributed by atoms with Crippen LogP contribution >= 0.6 is 11.3 Å². The molecule has 10 aromatic rings. The molecule has 0 spiro atoms. The van der Waals surface area contributed by atoms with Crippen molar-refractivity contribution in [2.24, 2.45) is 0 Å². The molecule has 43 heavy (non-hydrogen) atoms. The van der Waals surface area contributed by atoms with Crippen molar-refractivity contribution < 1.29 is 4.42 Å². The zero-order chi connectivity index (χ0) is 27.8. The molecule has 3 heteroatoms. The van der Waals surface area contributed by atoms with Crippen LogP contribution in [0.25, 0.3) is 103 Å². The molecule has 3 aromatic heterocycles. The van der Waals surface area contributed by atoms with E-state index in [9.17, 15) is 0 Å². The van der Waals surface area contributed by atoms with Crippen LogP contribution in [0.3, 0.4) is 0 Å². The highest BCUT2D eigenvalue weighted by molar-refractivity contribution is 7.27. The topological polar surface area (TPSA) is 18.1 Å². The van der Waals surface area contributed by atoms with Gasteiger partial charge in [0, 0.05) is 47.1 Å². The molecule has 0 aliphatic heterocycles. The highest BCUT2D eigenvalue weighted by atomic mass is 32.1. The van der Waals surface area contributed by atoms with E-state index in [1.807, 2.05) is 11.3 Å². The molecule has 0 saturated carbocycles. The molecule has 0 amide bonds. The predicted molar refractivity (Wildman–Crippen MR) is 183 cm³/mol. The highest BCUT2D eigenvalue weighted by Gasteiger charge is 2.27. The summed E-state index contributed by atoms with van der Waals surface area (Å²) in [6.45, 7) is 0. The fourth-order valence-corrected chi connectivity index (χ4v) is 9.12. The van der Waals surface area contributed by atoms with Gasteiger partial charge in [-0.2, -0.15) is 0 Å². The molecular formula is C40H21NOS. The van der Waals surface area contributed by atoms with E-state index in [0.717, 1.165) is 16.7 Å². The number of aromatic nitrogens is 1. The van der Waals surface area contributed by atoms with Gasteiger partial charge in [0.2, 0.25) is 0 Å². The molecule has 11 rings (SSSR count). The van der Waals surface area contributed by atoms with Crippen molar-refractivity contribution in [1.82, 2.24) is 4.57 Å². The summed E-state index contributed by atoms with van der Waals surface area (Å²) in [5, 5.41) is 10.1. The van der Waals surface area contributed by atoms with Crippen molar-refractivity contribution in [3.05, 3.63) is 127 Å². The Balaban J connectivity index is 1.42. The number of hydrogen-bond acceptors (Lipinski definition) is 2. The third kappa shape index (κ3) is 2.61. The van der Waals surface area contributed by atoms with Crippen LogP contribution in [0.2, 0.25) is 0 Å². The van der Waals surface area contributed by atoms with Crippen molar-refractivity contribution in [2.75, 3.05) is 0 Å². The lowest BCUT2D eigenvalue weighted by Crippen LogP contribution is -1.96. The molecule has 1 aliphatic carbocycles. The van der Waals surface area contributed by atoms with Gasteiger partial charge in [-0.15, -0.1) is 11.3 Å². The molecule has 0 N–H and O–H groups in total. The molecule has 0 unspecified atom stereocenters. The Morgan fingerprint density at radius 2 is 1.14 bits per heavy atom. The monoisotopic (exact) mass is 563 g/mol. The number of rotatable bonds is 1. The maximum absolute atomic E-state index is 6.89. The van der Waals surface area contributed by atoms with Crippen LogP contribution in [0.15, 0.2) is 132 Å². The van der Waals surface area contributed by atoms with E-state index < -0.39 is 0 Å². The standard InChI is InChI=1S/C40H21NOS/c1-2-11-23-22(10-1)24-15-9-16-26-31(21-20-25(23)34(24)26)41-30-17-6-3-12-27(30)37-38(41)39-35(28-13-4-7-18-32(28)42-39)36-29-14-5-8-19-33(29)43-40(36)37/h1-21H. The second-order valence-corrected chi connectivity index (χ2v) is 12.6. The van der Waals surface area contributed by atoms with E-state index in [0.29, 0.717) is 0 Å². The number of hydrogen-bond donors (Lipinski definition) is 0. The highest BCUT2D eigenvalue weighted by Crippen LogP contribution is 2.52. The van der Waals surface area contributed by atoms with Gasteiger partial charge in [-0.05, 0) is 51.9 Å². The van der Waals surface area contributed by atoms with Gasteiger partial charge < -0.3 is 8.98 Å². The van der Waals surface area contributed by atoms with E-state index in [-0.39, 0.29) is 0 Å². The van der Waals surface area contributed by atoms with Gasteiger partial charge in [0.1, 0.15) is 5.58 Å². The van der Waals surface area contributed by atoms with Crippen molar-refractivity contribution in [3.8, 4) is 27.9 Å². The van der Waals surface area contributed by atoms with E-state index in [1.54, 1.807) is 0 Å². The van der Waals surface area contributed by atoms with E-state index in [4.69, 9.17) is 4.42 Å². The number of para-hydroxylation sites is 2. The quantitative estimate of drug-likeness (QED) is 0.194. The SMILES string of the molecule is c1ccc2c(c1)-c1cccc3c(-n4c5ccccc5c5c6sc7ccccc7c6c6c7ccccc7oc6c54)ccc-2c13. The van der Waals surface area contributed by atoms with Crippen LogP contribution in [0.5, 0.6) is 0 Å². The minimum Gasteiger partial charge on any atom is -0.454 e. The first kappa shape index (κ1) is 22.2. The summed E-state index contributed by atoms with van der Waals surface area (Å²) in [5.41, 5.74) is 10.6. The lowest BCUT2D eigenvalue weighted by atomic mass is 10.0. The molecule has 3 heterocycles. The Morgan fingerprint density at radius 1 is 0.465 bits per heavy atom. The zero-order valence-corrected chi connectivity index (χ0v) is 23.7. The van der Waals surface area contributed by atoms with Crippen LogP contribution in [-0.4, -0.2) is 4.57 Å². The lowest BCUT2D eigenvalue weighted by Gasteiger charge is -2.13. The second kappa shape index (κ2) is 7.71. The molecule has 2 nitrogen and oxygen atoms in total. The fourth-order valence-electron chi connectivity index (χ4n) is 7.85. The van der Waals surface area contributed by atoms with Gasteiger partial charge in [-0.1, -0.05) is 103 Å².